The van der Waals surface area contributed by atoms with Crippen LogP contribution in [0, 0.1) is 0 Å². The molecule has 0 radical (unpaired) electrons. The highest BCUT2D eigenvalue weighted by Gasteiger charge is 2.13. The number of aromatic nitrogens is 2. The van der Waals surface area contributed by atoms with E-state index in [4.69, 9.17) is 10.4 Å². The fourth-order valence-corrected chi connectivity index (χ4v) is 1.35. The Kier molecular flexibility index (Phi) is 2.95. The molecule has 2 rings (SSSR count). The highest BCUT2D eigenvalue weighted by Crippen LogP contribution is 2.07. The molecular formula is C11H12N4O. The Morgan fingerprint density at radius 2 is 2.12 bits per heavy atom. The van der Waals surface area contributed by atoms with Crippen molar-refractivity contribution in [3.05, 3.63) is 47.6 Å². The molecule has 0 amide bonds. The number of aryl methyl sites for hydroxylation is 1. The van der Waals surface area contributed by atoms with E-state index < -0.39 is 0 Å². The second kappa shape index (κ2) is 4.57. The molecule has 0 saturated heterocycles. The maximum absolute atomic E-state index is 5.35. The molecule has 0 bridgehead atoms. The fourth-order valence-electron chi connectivity index (χ4n) is 1.35. The molecule has 2 N–H and O–H groups in total. The Bertz CT molecular complexity index is 490. The zero-order valence-corrected chi connectivity index (χ0v) is 8.92. The quantitative estimate of drug-likeness (QED) is 0.477. The zero-order valence-electron chi connectivity index (χ0n) is 8.92. The first kappa shape index (κ1) is 10.4. The van der Waals surface area contributed by atoms with Gasteiger partial charge in [-0.15, -0.1) is 0 Å². The average Bonchev–Trinajstić information content (AvgIpc) is 2.80. The van der Waals surface area contributed by atoms with E-state index in [1.807, 2.05) is 37.3 Å². The summed E-state index contributed by atoms with van der Waals surface area (Å²) in [6, 6.07) is 9.52. The van der Waals surface area contributed by atoms with Crippen molar-refractivity contribution in [2.45, 2.75) is 13.3 Å². The molecule has 1 aromatic carbocycles. The molecule has 16 heavy (non-hydrogen) atoms. The Balaban J connectivity index is 2.38. The summed E-state index contributed by atoms with van der Waals surface area (Å²) in [7, 11) is 0. The third-order valence-electron chi connectivity index (χ3n) is 2.16. The van der Waals surface area contributed by atoms with E-state index >= 15 is 0 Å². The van der Waals surface area contributed by atoms with Crippen molar-refractivity contribution >= 4 is 5.71 Å². The molecule has 2 aromatic rings. The summed E-state index contributed by atoms with van der Waals surface area (Å²) in [5.41, 5.74) is 1.40. The summed E-state index contributed by atoms with van der Waals surface area (Å²) in [5.74, 6) is 6.35. The predicted molar refractivity (Wildman–Crippen MR) is 59.9 cm³/mol. The van der Waals surface area contributed by atoms with E-state index in [2.05, 4.69) is 15.2 Å². The standard InChI is InChI=1S/C11H12N4O/c1-2-9-13-11(15-16-9)10(14-12)8-6-4-3-5-7-8/h3-7H,2,12H2,1H3/b14-10+. The third kappa shape index (κ3) is 1.93. The van der Waals surface area contributed by atoms with Crippen molar-refractivity contribution in [1.82, 2.24) is 10.1 Å². The van der Waals surface area contributed by atoms with E-state index in [9.17, 15) is 0 Å². The molecule has 0 aliphatic carbocycles. The van der Waals surface area contributed by atoms with Gasteiger partial charge in [0.25, 0.3) is 0 Å². The van der Waals surface area contributed by atoms with Crippen LogP contribution in [0.4, 0.5) is 0 Å². The van der Waals surface area contributed by atoms with Crippen molar-refractivity contribution in [1.29, 1.82) is 0 Å². The minimum Gasteiger partial charge on any atom is -0.339 e. The lowest BCUT2D eigenvalue weighted by atomic mass is 10.1. The second-order valence-corrected chi connectivity index (χ2v) is 3.21. The smallest absolute Gasteiger partial charge is 0.226 e. The molecule has 1 heterocycles. The first-order chi connectivity index (χ1) is 7.85. The van der Waals surface area contributed by atoms with Crippen LogP contribution >= 0.6 is 0 Å². The summed E-state index contributed by atoms with van der Waals surface area (Å²) in [6.45, 7) is 1.94. The molecule has 0 unspecified atom stereocenters. The number of hydrazone groups is 1. The van der Waals surface area contributed by atoms with Gasteiger partial charge >= 0.3 is 0 Å². The van der Waals surface area contributed by atoms with E-state index in [0.717, 1.165) is 5.56 Å². The van der Waals surface area contributed by atoms with Crippen LogP contribution in [0.3, 0.4) is 0 Å². The minimum absolute atomic E-state index is 0.422. The minimum atomic E-state index is 0.422. The normalized spacial score (nSPS) is 11.7. The summed E-state index contributed by atoms with van der Waals surface area (Å²) < 4.78 is 5.02. The van der Waals surface area contributed by atoms with Crippen LogP contribution in [0.15, 0.2) is 40.0 Å². The Morgan fingerprint density at radius 1 is 1.38 bits per heavy atom. The molecule has 0 aliphatic heterocycles. The van der Waals surface area contributed by atoms with Gasteiger partial charge in [-0.25, -0.2) is 0 Å². The number of hydrogen-bond acceptors (Lipinski definition) is 5. The van der Waals surface area contributed by atoms with Crippen LogP contribution in [-0.4, -0.2) is 15.9 Å². The number of nitrogens with two attached hydrogens (primary N) is 1. The van der Waals surface area contributed by atoms with Gasteiger partial charge in [-0.05, 0) is 0 Å². The molecule has 0 aliphatic rings. The van der Waals surface area contributed by atoms with Gasteiger partial charge in [0.15, 0.2) is 0 Å². The molecule has 1 aromatic heterocycles. The second-order valence-electron chi connectivity index (χ2n) is 3.21. The van der Waals surface area contributed by atoms with E-state index in [1.54, 1.807) is 0 Å². The summed E-state index contributed by atoms with van der Waals surface area (Å²) in [6.07, 6.45) is 0.694. The molecular weight excluding hydrogens is 204 g/mol. The van der Waals surface area contributed by atoms with Gasteiger partial charge in [0.2, 0.25) is 11.7 Å². The molecule has 0 atom stereocenters. The predicted octanol–water partition coefficient (Wildman–Crippen LogP) is 1.34. The van der Waals surface area contributed by atoms with Crippen molar-refractivity contribution in [3.8, 4) is 0 Å². The summed E-state index contributed by atoms with van der Waals surface area (Å²) >= 11 is 0. The lowest BCUT2D eigenvalue weighted by molar-refractivity contribution is 0.380. The molecule has 0 fully saturated rings. The van der Waals surface area contributed by atoms with E-state index in [1.165, 1.54) is 0 Å². The van der Waals surface area contributed by atoms with Gasteiger partial charge in [-0.2, -0.15) is 10.1 Å². The van der Waals surface area contributed by atoms with Gasteiger partial charge < -0.3 is 10.4 Å². The zero-order chi connectivity index (χ0) is 11.4. The highest BCUT2D eigenvalue weighted by atomic mass is 16.5. The topological polar surface area (TPSA) is 77.3 Å². The Hall–Kier alpha value is -2.17. The molecule has 0 saturated carbocycles. The monoisotopic (exact) mass is 216 g/mol. The lowest BCUT2D eigenvalue weighted by Crippen LogP contribution is -2.08. The van der Waals surface area contributed by atoms with Crippen LogP contribution in [0.2, 0.25) is 0 Å². The number of nitrogens with zero attached hydrogens (tertiary/aromatic N) is 3. The lowest BCUT2D eigenvalue weighted by Gasteiger charge is -1.98. The highest BCUT2D eigenvalue weighted by molar-refractivity contribution is 6.10. The van der Waals surface area contributed by atoms with Crippen LogP contribution in [-0.2, 0) is 6.42 Å². The molecule has 0 spiro atoms. The first-order valence-corrected chi connectivity index (χ1v) is 5.01. The third-order valence-corrected chi connectivity index (χ3v) is 2.16. The Labute approximate surface area is 93.0 Å². The Morgan fingerprint density at radius 3 is 2.69 bits per heavy atom. The van der Waals surface area contributed by atoms with Gasteiger partial charge in [-0.3, -0.25) is 0 Å². The SMILES string of the molecule is CCc1nc(/C(=N/N)c2ccccc2)no1. The van der Waals surface area contributed by atoms with Crippen LogP contribution < -0.4 is 5.84 Å². The van der Waals surface area contributed by atoms with Crippen LogP contribution in [0.25, 0.3) is 0 Å². The van der Waals surface area contributed by atoms with Gasteiger partial charge in [0.1, 0.15) is 5.71 Å². The van der Waals surface area contributed by atoms with Gasteiger partial charge in [0, 0.05) is 12.0 Å². The molecule has 5 heteroatoms. The molecule has 5 nitrogen and oxygen atoms in total. The number of rotatable bonds is 3. The number of hydrogen-bond donors (Lipinski definition) is 1. The molecule has 82 valence electrons. The summed E-state index contributed by atoms with van der Waals surface area (Å²) in [4.78, 5) is 4.19. The van der Waals surface area contributed by atoms with Gasteiger partial charge in [-0.1, -0.05) is 42.4 Å². The van der Waals surface area contributed by atoms with Crippen molar-refractivity contribution in [3.63, 3.8) is 0 Å². The summed E-state index contributed by atoms with van der Waals surface area (Å²) in [5, 5.41) is 7.55. The average molecular weight is 216 g/mol. The maximum Gasteiger partial charge on any atom is 0.226 e. The fraction of sp³-hybridized carbons (Fsp3) is 0.182. The van der Waals surface area contributed by atoms with Crippen molar-refractivity contribution in [2.24, 2.45) is 10.9 Å². The van der Waals surface area contributed by atoms with Crippen molar-refractivity contribution < 1.29 is 4.52 Å². The van der Waals surface area contributed by atoms with E-state index in [0.29, 0.717) is 23.8 Å². The van der Waals surface area contributed by atoms with Crippen LogP contribution in [0.1, 0.15) is 24.2 Å². The first-order valence-electron chi connectivity index (χ1n) is 5.01. The van der Waals surface area contributed by atoms with Gasteiger partial charge in [0.05, 0.1) is 0 Å². The number of benzene rings is 1. The van der Waals surface area contributed by atoms with Crippen LogP contribution in [0.5, 0.6) is 0 Å². The largest absolute Gasteiger partial charge is 0.339 e. The van der Waals surface area contributed by atoms with E-state index in [-0.39, 0.29) is 0 Å². The van der Waals surface area contributed by atoms with Crippen molar-refractivity contribution in [2.75, 3.05) is 0 Å². The maximum atomic E-state index is 5.35.